The number of carboxylic acid groups (broad SMARTS) is 1. The zero-order valence-electron chi connectivity index (χ0n) is 16.1. The molecule has 5 nitrogen and oxygen atoms in total. The largest absolute Gasteiger partial charge is 0.480 e. The van der Waals surface area contributed by atoms with Gasteiger partial charge in [0.2, 0.25) is 5.91 Å². The number of rotatable bonds is 9. The van der Waals surface area contributed by atoms with E-state index in [4.69, 9.17) is 0 Å². The Bertz CT molecular complexity index is 694. The van der Waals surface area contributed by atoms with Gasteiger partial charge in [0.25, 0.3) is 0 Å². The molecule has 2 aromatic rings. The average Bonchev–Trinajstić information content (AvgIpc) is 2.69. The van der Waals surface area contributed by atoms with Crippen LogP contribution in [0.2, 0.25) is 0 Å². The molecule has 0 saturated heterocycles. The third kappa shape index (κ3) is 5.41. The Kier molecular flexibility index (Phi) is 7.55. The molecule has 5 heteroatoms. The van der Waals surface area contributed by atoms with Gasteiger partial charge in [-0.2, -0.15) is 0 Å². The number of hydrogen-bond donors (Lipinski definition) is 2. The van der Waals surface area contributed by atoms with E-state index >= 15 is 0 Å². The number of amides is 1. The fourth-order valence-corrected chi connectivity index (χ4v) is 3.14. The van der Waals surface area contributed by atoms with Crippen molar-refractivity contribution in [3.05, 3.63) is 71.8 Å². The first-order chi connectivity index (χ1) is 13.0. The molecular formula is C22H28N2O3. The van der Waals surface area contributed by atoms with E-state index in [1.807, 2.05) is 74.5 Å². The SMILES string of the molecule is CC[C@H](C)[C@H](NCC(=O)N(C)C(c1ccccc1)c1ccccc1)C(=O)O. The molecule has 0 aromatic heterocycles. The highest BCUT2D eigenvalue weighted by atomic mass is 16.4. The Morgan fingerprint density at radius 1 is 1.00 bits per heavy atom. The van der Waals surface area contributed by atoms with Gasteiger partial charge in [-0.15, -0.1) is 0 Å². The molecule has 0 heterocycles. The summed E-state index contributed by atoms with van der Waals surface area (Å²) in [6, 6.07) is 18.7. The van der Waals surface area contributed by atoms with Crippen molar-refractivity contribution >= 4 is 11.9 Å². The fourth-order valence-electron chi connectivity index (χ4n) is 3.14. The molecule has 0 saturated carbocycles. The van der Waals surface area contributed by atoms with Gasteiger partial charge in [-0.05, 0) is 17.0 Å². The van der Waals surface area contributed by atoms with Gasteiger partial charge in [-0.3, -0.25) is 14.9 Å². The van der Waals surface area contributed by atoms with Crippen LogP contribution < -0.4 is 5.32 Å². The van der Waals surface area contributed by atoms with Crippen molar-refractivity contribution in [2.24, 2.45) is 5.92 Å². The topological polar surface area (TPSA) is 69.6 Å². The molecule has 0 aliphatic carbocycles. The Labute approximate surface area is 161 Å². The number of benzene rings is 2. The van der Waals surface area contributed by atoms with Crippen molar-refractivity contribution in [2.45, 2.75) is 32.4 Å². The van der Waals surface area contributed by atoms with Crippen LogP contribution in [0.5, 0.6) is 0 Å². The summed E-state index contributed by atoms with van der Waals surface area (Å²) >= 11 is 0. The molecule has 2 atom stereocenters. The molecule has 0 bridgehead atoms. The fraction of sp³-hybridized carbons (Fsp3) is 0.364. The minimum absolute atomic E-state index is 0.0199. The molecule has 0 unspecified atom stereocenters. The van der Waals surface area contributed by atoms with Crippen molar-refractivity contribution in [1.29, 1.82) is 0 Å². The van der Waals surface area contributed by atoms with Crippen LogP contribution in [-0.2, 0) is 9.59 Å². The molecule has 2 N–H and O–H groups in total. The highest BCUT2D eigenvalue weighted by Gasteiger charge is 2.27. The third-order valence-corrected chi connectivity index (χ3v) is 4.96. The molecule has 2 aromatic carbocycles. The van der Waals surface area contributed by atoms with Gasteiger partial charge in [0.1, 0.15) is 6.04 Å². The Hall–Kier alpha value is -2.66. The van der Waals surface area contributed by atoms with Gasteiger partial charge in [0.05, 0.1) is 12.6 Å². The van der Waals surface area contributed by atoms with Gasteiger partial charge in [-0.25, -0.2) is 0 Å². The summed E-state index contributed by atoms with van der Waals surface area (Å²) in [6.45, 7) is 3.79. The normalized spacial score (nSPS) is 13.2. The summed E-state index contributed by atoms with van der Waals surface area (Å²) < 4.78 is 0. The second-order valence-corrected chi connectivity index (χ2v) is 6.81. The van der Waals surface area contributed by atoms with Crippen LogP contribution in [0.25, 0.3) is 0 Å². The Morgan fingerprint density at radius 3 is 1.89 bits per heavy atom. The van der Waals surface area contributed by atoms with Crippen LogP contribution in [0.1, 0.15) is 37.4 Å². The van der Waals surface area contributed by atoms with E-state index in [0.717, 1.165) is 17.5 Å². The number of carbonyl (C=O) groups excluding carboxylic acids is 1. The maximum atomic E-state index is 12.8. The highest BCUT2D eigenvalue weighted by molar-refractivity contribution is 5.80. The minimum atomic E-state index is -0.928. The molecule has 0 radical (unpaired) electrons. The molecule has 144 valence electrons. The molecule has 27 heavy (non-hydrogen) atoms. The number of carbonyl (C=O) groups is 2. The van der Waals surface area contributed by atoms with E-state index in [-0.39, 0.29) is 24.4 Å². The monoisotopic (exact) mass is 368 g/mol. The molecule has 0 spiro atoms. The van der Waals surface area contributed by atoms with Crippen LogP contribution in [0.15, 0.2) is 60.7 Å². The first-order valence-corrected chi connectivity index (χ1v) is 9.27. The number of hydrogen-bond acceptors (Lipinski definition) is 3. The number of nitrogens with one attached hydrogen (secondary N) is 1. The van der Waals surface area contributed by atoms with Crippen LogP contribution in [0.3, 0.4) is 0 Å². The predicted molar refractivity (Wildman–Crippen MR) is 106 cm³/mol. The zero-order chi connectivity index (χ0) is 19.8. The second-order valence-electron chi connectivity index (χ2n) is 6.81. The lowest BCUT2D eigenvalue weighted by Gasteiger charge is -2.30. The summed E-state index contributed by atoms with van der Waals surface area (Å²) in [5.41, 5.74) is 2.02. The van der Waals surface area contributed by atoms with Gasteiger partial charge >= 0.3 is 5.97 Å². The van der Waals surface area contributed by atoms with Crippen LogP contribution in [0, 0.1) is 5.92 Å². The number of aliphatic carboxylic acids is 1. The summed E-state index contributed by atoms with van der Waals surface area (Å²) in [5, 5.41) is 12.3. The molecule has 1 amide bonds. The van der Waals surface area contributed by atoms with E-state index in [0.29, 0.717) is 0 Å². The van der Waals surface area contributed by atoms with E-state index in [1.165, 1.54) is 0 Å². The third-order valence-electron chi connectivity index (χ3n) is 4.96. The van der Waals surface area contributed by atoms with Crippen LogP contribution >= 0.6 is 0 Å². The lowest BCUT2D eigenvalue weighted by Crippen LogP contribution is -2.47. The van der Waals surface area contributed by atoms with Crippen molar-refractivity contribution in [3.8, 4) is 0 Å². The standard InChI is InChI=1S/C22H28N2O3/c1-4-16(2)20(22(26)27)23-15-19(25)24(3)21(17-11-7-5-8-12-17)18-13-9-6-10-14-18/h5-14,16,20-21,23H,4,15H2,1-3H3,(H,26,27)/t16-,20-/m0/s1. The van der Waals surface area contributed by atoms with E-state index < -0.39 is 12.0 Å². The van der Waals surface area contributed by atoms with Crippen LogP contribution in [0.4, 0.5) is 0 Å². The molecule has 0 aliphatic rings. The molecule has 0 fully saturated rings. The summed E-state index contributed by atoms with van der Waals surface area (Å²) in [4.78, 5) is 26.0. The Morgan fingerprint density at radius 2 is 1.48 bits per heavy atom. The van der Waals surface area contributed by atoms with Gasteiger partial charge < -0.3 is 10.0 Å². The Balaban J connectivity index is 2.19. The first-order valence-electron chi connectivity index (χ1n) is 9.27. The second kappa shape index (κ2) is 9.88. The van der Waals surface area contributed by atoms with E-state index in [1.54, 1.807) is 11.9 Å². The molecule has 0 aliphatic heterocycles. The van der Waals surface area contributed by atoms with E-state index in [2.05, 4.69) is 5.32 Å². The van der Waals surface area contributed by atoms with Gasteiger partial charge in [-0.1, -0.05) is 80.9 Å². The maximum absolute atomic E-state index is 12.8. The number of nitrogens with zero attached hydrogens (tertiary/aromatic N) is 1. The summed E-state index contributed by atoms with van der Waals surface area (Å²) in [5.74, 6) is -1.13. The van der Waals surface area contributed by atoms with Gasteiger partial charge in [0, 0.05) is 7.05 Å². The lowest BCUT2D eigenvalue weighted by molar-refractivity contribution is -0.141. The van der Waals surface area contributed by atoms with Crippen molar-refractivity contribution < 1.29 is 14.7 Å². The van der Waals surface area contributed by atoms with Gasteiger partial charge in [0.15, 0.2) is 0 Å². The number of carboxylic acids is 1. The predicted octanol–water partition coefficient (Wildman–Crippen LogP) is 3.32. The number of likely N-dealkylation sites (N-methyl/N-ethyl adjacent to an activating group) is 1. The average molecular weight is 368 g/mol. The zero-order valence-corrected chi connectivity index (χ0v) is 16.1. The smallest absolute Gasteiger partial charge is 0.320 e. The van der Waals surface area contributed by atoms with Crippen molar-refractivity contribution in [3.63, 3.8) is 0 Å². The quantitative estimate of drug-likeness (QED) is 0.712. The maximum Gasteiger partial charge on any atom is 0.320 e. The van der Waals surface area contributed by atoms with Crippen molar-refractivity contribution in [1.82, 2.24) is 10.2 Å². The summed E-state index contributed by atoms with van der Waals surface area (Å²) in [6.07, 6.45) is 0.727. The van der Waals surface area contributed by atoms with E-state index in [9.17, 15) is 14.7 Å². The molecule has 2 rings (SSSR count). The first kappa shape index (κ1) is 20.6. The van der Waals surface area contributed by atoms with Crippen molar-refractivity contribution in [2.75, 3.05) is 13.6 Å². The van der Waals surface area contributed by atoms with Crippen LogP contribution in [-0.4, -0.2) is 41.5 Å². The summed E-state index contributed by atoms with van der Waals surface area (Å²) in [7, 11) is 1.76. The minimum Gasteiger partial charge on any atom is -0.480 e. The molecular weight excluding hydrogens is 340 g/mol. The highest BCUT2D eigenvalue weighted by Crippen LogP contribution is 2.27. The lowest BCUT2D eigenvalue weighted by atomic mass is 9.97.